The molecular formula is C13H29N3O2S. The average molecular weight is 291 g/mol. The fraction of sp³-hybridized carbons (Fsp3) is 1.00. The lowest BCUT2D eigenvalue weighted by Gasteiger charge is -2.26. The quantitative estimate of drug-likeness (QED) is 0.616. The predicted octanol–water partition coefficient (Wildman–Crippen LogP) is 0.780. The fourth-order valence-corrected chi connectivity index (χ4v) is 3.26. The van der Waals surface area contributed by atoms with Crippen molar-refractivity contribution in [2.75, 3.05) is 39.3 Å². The molecule has 0 spiro atoms. The third-order valence-corrected chi connectivity index (χ3v) is 5.40. The van der Waals surface area contributed by atoms with Crippen molar-refractivity contribution in [3.05, 3.63) is 0 Å². The highest BCUT2D eigenvalue weighted by Gasteiger charge is 2.20. The van der Waals surface area contributed by atoms with E-state index in [0.29, 0.717) is 13.1 Å². The third kappa shape index (κ3) is 6.70. The zero-order valence-electron chi connectivity index (χ0n) is 12.3. The third-order valence-electron chi connectivity index (χ3n) is 3.57. The van der Waals surface area contributed by atoms with Gasteiger partial charge in [-0.2, -0.15) is 0 Å². The van der Waals surface area contributed by atoms with Gasteiger partial charge in [0, 0.05) is 19.6 Å². The second kappa shape index (κ2) is 8.89. The number of hydrogen-bond acceptors (Lipinski definition) is 4. The van der Waals surface area contributed by atoms with Gasteiger partial charge in [0.25, 0.3) is 0 Å². The van der Waals surface area contributed by atoms with E-state index >= 15 is 0 Å². The Hall–Kier alpha value is -0.170. The highest BCUT2D eigenvalue weighted by Crippen LogP contribution is 2.07. The Morgan fingerprint density at radius 2 is 1.84 bits per heavy atom. The standard InChI is InChI=1S/C13H29N3O2S/c1-3-7-14-12-13(2)19(17,18)15-8-11-16-9-5-4-6-10-16/h13-15H,3-12H2,1-2H3. The molecule has 0 saturated carbocycles. The van der Waals surface area contributed by atoms with Crippen molar-refractivity contribution in [2.24, 2.45) is 0 Å². The Bertz CT molecular complexity index is 327. The molecule has 1 rings (SSSR count). The summed E-state index contributed by atoms with van der Waals surface area (Å²) in [4.78, 5) is 2.34. The van der Waals surface area contributed by atoms with Gasteiger partial charge in [0.2, 0.25) is 10.0 Å². The van der Waals surface area contributed by atoms with Crippen LogP contribution in [0.4, 0.5) is 0 Å². The summed E-state index contributed by atoms with van der Waals surface area (Å²) >= 11 is 0. The molecule has 6 heteroatoms. The van der Waals surface area contributed by atoms with Crippen molar-refractivity contribution in [2.45, 2.75) is 44.8 Å². The lowest BCUT2D eigenvalue weighted by Crippen LogP contribution is -2.43. The van der Waals surface area contributed by atoms with E-state index in [0.717, 1.165) is 32.6 Å². The molecular weight excluding hydrogens is 262 g/mol. The Morgan fingerprint density at radius 3 is 2.47 bits per heavy atom. The monoisotopic (exact) mass is 291 g/mol. The maximum absolute atomic E-state index is 12.0. The summed E-state index contributed by atoms with van der Waals surface area (Å²) in [5.41, 5.74) is 0. The summed E-state index contributed by atoms with van der Waals surface area (Å²) in [7, 11) is -3.18. The van der Waals surface area contributed by atoms with Crippen molar-refractivity contribution in [3.8, 4) is 0 Å². The fourth-order valence-electron chi connectivity index (χ4n) is 2.26. The molecule has 1 aliphatic rings. The highest BCUT2D eigenvalue weighted by molar-refractivity contribution is 7.90. The van der Waals surface area contributed by atoms with Crippen LogP contribution in [-0.4, -0.2) is 57.8 Å². The number of likely N-dealkylation sites (tertiary alicyclic amines) is 1. The minimum atomic E-state index is -3.18. The molecule has 0 aromatic rings. The maximum atomic E-state index is 12.0. The SMILES string of the molecule is CCCNCC(C)S(=O)(=O)NCCN1CCCCC1. The zero-order valence-corrected chi connectivity index (χ0v) is 13.1. The van der Waals surface area contributed by atoms with Gasteiger partial charge in [-0.25, -0.2) is 13.1 Å². The van der Waals surface area contributed by atoms with E-state index in [1.54, 1.807) is 6.92 Å². The number of piperidine rings is 1. The molecule has 0 aromatic carbocycles. The Morgan fingerprint density at radius 1 is 1.16 bits per heavy atom. The van der Waals surface area contributed by atoms with Crippen LogP contribution in [0, 0.1) is 0 Å². The maximum Gasteiger partial charge on any atom is 0.215 e. The van der Waals surface area contributed by atoms with E-state index in [4.69, 9.17) is 0 Å². The average Bonchev–Trinajstić information content (AvgIpc) is 2.40. The molecule has 0 radical (unpaired) electrons. The van der Waals surface area contributed by atoms with Crippen molar-refractivity contribution in [3.63, 3.8) is 0 Å². The van der Waals surface area contributed by atoms with E-state index in [9.17, 15) is 8.42 Å². The number of sulfonamides is 1. The zero-order chi connectivity index (χ0) is 14.1. The van der Waals surface area contributed by atoms with Crippen LogP contribution < -0.4 is 10.0 Å². The summed E-state index contributed by atoms with van der Waals surface area (Å²) in [5.74, 6) is 0. The second-order valence-corrected chi connectivity index (χ2v) is 7.54. The summed E-state index contributed by atoms with van der Waals surface area (Å²) < 4.78 is 26.7. The second-order valence-electron chi connectivity index (χ2n) is 5.36. The van der Waals surface area contributed by atoms with Gasteiger partial charge < -0.3 is 10.2 Å². The Balaban J connectivity index is 2.21. The summed E-state index contributed by atoms with van der Waals surface area (Å²) in [6, 6.07) is 0. The molecule has 0 amide bonds. The van der Waals surface area contributed by atoms with Gasteiger partial charge in [-0.05, 0) is 45.8 Å². The lowest BCUT2D eigenvalue weighted by atomic mass is 10.1. The van der Waals surface area contributed by atoms with E-state index < -0.39 is 10.0 Å². The summed E-state index contributed by atoms with van der Waals surface area (Å²) in [6.45, 7) is 8.79. The van der Waals surface area contributed by atoms with Gasteiger partial charge >= 0.3 is 0 Å². The van der Waals surface area contributed by atoms with E-state index in [-0.39, 0.29) is 5.25 Å². The van der Waals surface area contributed by atoms with Crippen molar-refractivity contribution >= 4 is 10.0 Å². The molecule has 1 fully saturated rings. The molecule has 0 aromatic heterocycles. The van der Waals surface area contributed by atoms with Crippen LogP contribution in [0.25, 0.3) is 0 Å². The normalized spacial score (nSPS) is 19.5. The topological polar surface area (TPSA) is 61.4 Å². The number of rotatable bonds is 9. The first kappa shape index (κ1) is 16.9. The molecule has 1 heterocycles. The van der Waals surface area contributed by atoms with Crippen LogP contribution in [0.2, 0.25) is 0 Å². The van der Waals surface area contributed by atoms with Crippen molar-refractivity contribution < 1.29 is 8.42 Å². The molecule has 114 valence electrons. The van der Waals surface area contributed by atoms with Crippen LogP contribution in [0.3, 0.4) is 0 Å². The van der Waals surface area contributed by atoms with Crippen molar-refractivity contribution in [1.29, 1.82) is 0 Å². The highest BCUT2D eigenvalue weighted by atomic mass is 32.2. The first-order valence-corrected chi connectivity index (χ1v) is 9.02. The Kier molecular flexibility index (Phi) is 7.90. The van der Waals surface area contributed by atoms with Gasteiger partial charge in [-0.15, -0.1) is 0 Å². The molecule has 1 unspecified atom stereocenters. The number of nitrogens with one attached hydrogen (secondary N) is 2. The smallest absolute Gasteiger partial charge is 0.215 e. The number of nitrogens with zero attached hydrogens (tertiary/aromatic N) is 1. The van der Waals surface area contributed by atoms with Gasteiger partial charge in [0.15, 0.2) is 0 Å². The number of hydrogen-bond donors (Lipinski definition) is 2. The largest absolute Gasteiger partial charge is 0.315 e. The molecule has 19 heavy (non-hydrogen) atoms. The van der Waals surface area contributed by atoms with Crippen LogP contribution in [0.5, 0.6) is 0 Å². The molecule has 2 N–H and O–H groups in total. The van der Waals surface area contributed by atoms with Gasteiger partial charge in [0.05, 0.1) is 5.25 Å². The van der Waals surface area contributed by atoms with Gasteiger partial charge in [-0.3, -0.25) is 0 Å². The minimum absolute atomic E-state index is 0.375. The molecule has 1 saturated heterocycles. The first-order chi connectivity index (χ1) is 9.06. The van der Waals surface area contributed by atoms with E-state index in [1.165, 1.54) is 19.3 Å². The molecule has 1 atom stereocenters. The van der Waals surface area contributed by atoms with Crippen LogP contribution in [0.1, 0.15) is 39.5 Å². The van der Waals surface area contributed by atoms with Crippen molar-refractivity contribution in [1.82, 2.24) is 14.9 Å². The minimum Gasteiger partial charge on any atom is -0.315 e. The van der Waals surface area contributed by atoms with E-state index in [1.807, 2.05) is 0 Å². The molecule has 5 nitrogen and oxygen atoms in total. The van der Waals surface area contributed by atoms with Gasteiger partial charge in [-0.1, -0.05) is 13.3 Å². The van der Waals surface area contributed by atoms with E-state index in [2.05, 4.69) is 21.9 Å². The molecule has 1 aliphatic heterocycles. The molecule has 0 aliphatic carbocycles. The first-order valence-electron chi connectivity index (χ1n) is 7.48. The Labute approximate surface area is 118 Å². The van der Waals surface area contributed by atoms with Crippen LogP contribution in [0.15, 0.2) is 0 Å². The van der Waals surface area contributed by atoms with Crippen LogP contribution in [-0.2, 0) is 10.0 Å². The summed E-state index contributed by atoms with van der Waals surface area (Å²) in [5, 5.41) is 2.78. The van der Waals surface area contributed by atoms with Crippen LogP contribution >= 0.6 is 0 Å². The summed E-state index contributed by atoms with van der Waals surface area (Å²) in [6.07, 6.45) is 4.81. The predicted molar refractivity (Wildman–Crippen MR) is 79.8 cm³/mol. The molecule has 0 bridgehead atoms. The lowest BCUT2D eigenvalue weighted by molar-refractivity contribution is 0.232. The van der Waals surface area contributed by atoms with Gasteiger partial charge in [0.1, 0.15) is 0 Å².